The Bertz CT molecular complexity index is 1120. The van der Waals surface area contributed by atoms with E-state index in [2.05, 4.69) is 55.6 Å². The maximum absolute atomic E-state index is 12.9. The lowest BCUT2D eigenvalue weighted by molar-refractivity contribution is -0.870. The molecule has 9 heteroatoms. The molecule has 0 fully saturated rings. The number of aliphatic hydroxyl groups excluding tert-OH is 1. The van der Waals surface area contributed by atoms with Crippen LogP contribution in [-0.2, 0) is 18.4 Å². The van der Waals surface area contributed by atoms with Crippen LogP contribution < -0.4 is 10.2 Å². The second-order valence-corrected chi connectivity index (χ2v) is 19.6. The highest BCUT2D eigenvalue weighted by atomic mass is 31.2. The number of carbonyl (C=O) groups is 1. The summed E-state index contributed by atoms with van der Waals surface area (Å²) in [6, 6.07) is -0.912. The molecule has 60 heavy (non-hydrogen) atoms. The second kappa shape index (κ2) is 42.7. The van der Waals surface area contributed by atoms with Gasteiger partial charge in [-0.05, 0) is 70.6 Å². The normalized spacial score (nSPS) is 14.6. The Balaban J connectivity index is 4.43. The first kappa shape index (κ1) is 58.5. The summed E-state index contributed by atoms with van der Waals surface area (Å²) in [5, 5.41) is 13.8. The summed E-state index contributed by atoms with van der Waals surface area (Å²) < 4.78 is 23.2. The summed E-state index contributed by atoms with van der Waals surface area (Å²) in [7, 11) is 1.23. The highest BCUT2D eigenvalue weighted by molar-refractivity contribution is 7.45. The van der Waals surface area contributed by atoms with Gasteiger partial charge in [0.15, 0.2) is 0 Å². The first-order valence-electron chi connectivity index (χ1n) is 25.0. The molecule has 0 radical (unpaired) electrons. The van der Waals surface area contributed by atoms with Gasteiger partial charge in [-0.25, -0.2) is 0 Å². The van der Waals surface area contributed by atoms with Crippen molar-refractivity contribution in [2.24, 2.45) is 0 Å². The van der Waals surface area contributed by atoms with Gasteiger partial charge in [-0.1, -0.05) is 191 Å². The standard InChI is InChI=1S/C51H97N2O6P/c1-6-8-10-12-14-16-18-20-22-24-26-27-28-30-32-34-36-38-40-42-44-50(54)49(48-59-60(56,57)58-47-46-53(3,4)5)52-51(55)45-43-41-39-37-35-33-31-29-25-23-21-19-17-15-13-11-9-7-2/h23,25,27-28,34,36,42,44,49-50,54H,6-22,24,26,29-33,35,37-41,43,45-48H2,1-5H3,(H-,52,55,56,57)/b25-23-,28-27+,36-34+,44-42+. The van der Waals surface area contributed by atoms with Crippen LogP contribution in [0.4, 0.5) is 0 Å². The van der Waals surface area contributed by atoms with Gasteiger partial charge in [0.1, 0.15) is 13.2 Å². The van der Waals surface area contributed by atoms with Crippen LogP contribution in [0.2, 0.25) is 0 Å². The van der Waals surface area contributed by atoms with Gasteiger partial charge in [-0.15, -0.1) is 0 Å². The number of quaternary nitrogens is 1. The van der Waals surface area contributed by atoms with Crippen molar-refractivity contribution < 1.29 is 32.9 Å². The van der Waals surface area contributed by atoms with Crippen LogP contribution in [0.1, 0.15) is 219 Å². The number of phosphoric acid groups is 1. The predicted octanol–water partition coefficient (Wildman–Crippen LogP) is 13.8. The summed E-state index contributed by atoms with van der Waals surface area (Å²) >= 11 is 0. The van der Waals surface area contributed by atoms with Crippen molar-refractivity contribution >= 4 is 13.7 Å². The van der Waals surface area contributed by atoms with E-state index in [-0.39, 0.29) is 12.5 Å². The van der Waals surface area contributed by atoms with Crippen LogP contribution in [-0.4, -0.2) is 68.5 Å². The van der Waals surface area contributed by atoms with Gasteiger partial charge >= 0.3 is 0 Å². The fourth-order valence-corrected chi connectivity index (χ4v) is 7.73. The summed E-state index contributed by atoms with van der Waals surface area (Å²) in [5.41, 5.74) is 0. The number of nitrogens with one attached hydrogen (secondary N) is 1. The number of aliphatic hydroxyl groups is 1. The van der Waals surface area contributed by atoms with Crippen LogP contribution in [0, 0.1) is 0 Å². The van der Waals surface area contributed by atoms with Crippen LogP contribution in [0.15, 0.2) is 48.6 Å². The summed E-state index contributed by atoms with van der Waals surface area (Å²) in [6.45, 7) is 4.62. The van der Waals surface area contributed by atoms with Gasteiger partial charge in [-0.2, -0.15) is 0 Å². The molecule has 0 saturated heterocycles. The molecule has 0 bridgehead atoms. The Kier molecular flexibility index (Phi) is 41.6. The largest absolute Gasteiger partial charge is 0.756 e. The Morgan fingerprint density at radius 3 is 1.35 bits per heavy atom. The van der Waals surface area contributed by atoms with Crippen molar-refractivity contribution in [2.45, 2.75) is 231 Å². The fraction of sp³-hybridized carbons (Fsp3) is 0.824. The Hall–Kier alpha value is -1.54. The van der Waals surface area contributed by atoms with Crippen molar-refractivity contribution in [1.82, 2.24) is 5.32 Å². The number of nitrogens with zero attached hydrogens (tertiary/aromatic N) is 1. The van der Waals surface area contributed by atoms with Crippen LogP contribution in [0.5, 0.6) is 0 Å². The highest BCUT2D eigenvalue weighted by Gasteiger charge is 2.23. The minimum atomic E-state index is -4.60. The molecule has 352 valence electrons. The predicted molar refractivity (Wildman–Crippen MR) is 256 cm³/mol. The molecule has 3 atom stereocenters. The zero-order chi connectivity index (χ0) is 44.3. The van der Waals surface area contributed by atoms with Gasteiger partial charge in [0.05, 0.1) is 39.9 Å². The van der Waals surface area contributed by atoms with E-state index in [0.717, 1.165) is 44.9 Å². The average molecular weight is 865 g/mol. The third-order valence-corrected chi connectivity index (χ3v) is 12.0. The van der Waals surface area contributed by atoms with E-state index in [1.54, 1.807) is 6.08 Å². The monoisotopic (exact) mass is 865 g/mol. The van der Waals surface area contributed by atoms with Crippen molar-refractivity contribution in [3.8, 4) is 0 Å². The maximum Gasteiger partial charge on any atom is 0.268 e. The molecule has 1 amide bonds. The molecule has 2 N–H and O–H groups in total. The molecule has 0 saturated carbocycles. The fourth-order valence-electron chi connectivity index (χ4n) is 7.00. The van der Waals surface area contributed by atoms with E-state index < -0.39 is 26.6 Å². The zero-order valence-electron chi connectivity index (χ0n) is 39.9. The number of carbonyl (C=O) groups excluding carboxylic acids is 1. The molecule has 0 aromatic carbocycles. The number of hydrogen-bond acceptors (Lipinski definition) is 6. The zero-order valence-corrected chi connectivity index (χ0v) is 40.8. The molecular weight excluding hydrogens is 768 g/mol. The molecule has 0 heterocycles. The SMILES string of the molecule is CCCCCCCCC/C=C\CCCCCCCCCC(=O)NC(COP(=O)([O-])OCC[N+](C)(C)C)C(O)/C=C/CC/C=C/CC/C=C/CCCCCCCCCCCC. The van der Waals surface area contributed by atoms with Crippen molar-refractivity contribution in [3.05, 3.63) is 48.6 Å². The van der Waals surface area contributed by atoms with Gasteiger partial charge in [0, 0.05) is 6.42 Å². The lowest BCUT2D eigenvalue weighted by Gasteiger charge is -2.29. The Morgan fingerprint density at radius 2 is 0.933 bits per heavy atom. The van der Waals surface area contributed by atoms with Gasteiger partial charge in [0.2, 0.25) is 5.91 Å². The minimum absolute atomic E-state index is 0.0105. The van der Waals surface area contributed by atoms with Crippen molar-refractivity contribution in [1.29, 1.82) is 0 Å². The molecule has 0 spiro atoms. The summed E-state index contributed by atoms with van der Waals surface area (Å²) in [4.78, 5) is 25.4. The lowest BCUT2D eigenvalue weighted by Crippen LogP contribution is -2.45. The smallest absolute Gasteiger partial charge is 0.268 e. The molecule has 0 aliphatic heterocycles. The van der Waals surface area contributed by atoms with Crippen LogP contribution in [0.25, 0.3) is 0 Å². The molecule has 8 nitrogen and oxygen atoms in total. The molecule has 0 aliphatic rings. The molecule has 3 unspecified atom stereocenters. The number of phosphoric ester groups is 1. The first-order valence-corrected chi connectivity index (χ1v) is 26.5. The molecule has 0 rings (SSSR count). The third-order valence-electron chi connectivity index (χ3n) is 11.0. The minimum Gasteiger partial charge on any atom is -0.756 e. The Morgan fingerprint density at radius 1 is 0.567 bits per heavy atom. The van der Waals surface area contributed by atoms with E-state index in [0.29, 0.717) is 17.4 Å². The molecular formula is C51H97N2O6P. The van der Waals surface area contributed by atoms with E-state index in [1.165, 1.54) is 154 Å². The maximum atomic E-state index is 12.9. The number of amides is 1. The average Bonchev–Trinajstić information content (AvgIpc) is 3.20. The summed E-state index contributed by atoms with van der Waals surface area (Å²) in [5.74, 6) is -0.216. The van der Waals surface area contributed by atoms with E-state index >= 15 is 0 Å². The van der Waals surface area contributed by atoms with Crippen LogP contribution >= 0.6 is 7.82 Å². The topological polar surface area (TPSA) is 108 Å². The third kappa shape index (κ3) is 44.5. The number of unbranched alkanes of at least 4 members (excludes halogenated alkanes) is 26. The van der Waals surface area contributed by atoms with E-state index in [9.17, 15) is 19.4 Å². The number of likely N-dealkylation sites (N-methyl/N-ethyl adjacent to an activating group) is 1. The Labute approximate surface area is 371 Å². The van der Waals surface area contributed by atoms with Gasteiger partial charge in [0.25, 0.3) is 7.82 Å². The highest BCUT2D eigenvalue weighted by Crippen LogP contribution is 2.38. The van der Waals surface area contributed by atoms with Gasteiger partial charge < -0.3 is 28.8 Å². The molecule has 0 aromatic heterocycles. The van der Waals surface area contributed by atoms with Gasteiger partial charge in [-0.3, -0.25) is 9.36 Å². The number of hydrogen-bond donors (Lipinski definition) is 2. The quantitative estimate of drug-likeness (QED) is 0.0273. The van der Waals surface area contributed by atoms with Crippen molar-refractivity contribution in [2.75, 3.05) is 40.9 Å². The lowest BCUT2D eigenvalue weighted by atomic mass is 10.1. The number of allylic oxidation sites excluding steroid dienone is 7. The first-order chi connectivity index (χ1) is 29.0. The summed E-state index contributed by atoms with van der Waals surface area (Å²) in [6.07, 6.45) is 54.5. The van der Waals surface area contributed by atoms with Crippen LogP contribution in [0.3, 0.4) is 0 Å². The molecule has 0 aromatic rings. The van der Waals surface area contributed by atoms with Crippen molar-refractivity contribution in [3.63, 3.8) is 0 Å². The molecule has 0 aliphatic carbocycles. The van der Waals surface area contributed by atoms with E-state index in [1.807, 2.05) is 27.2 Å². The van der Waals surface area contributed by atoms with E-state index in [4.69, 9.17) is 9.05 Å². The second-order valence-electron chi connectivity index (χ2n) is 18.1. The number of rotatable bonds is 45.